The molecule has 140 valence electrons. The zero-order valence-electron chi connectivity index (χ0n) is 15.2. The predicted molar refractivity (Wildman–Crippen MR) is 99.6 cm³/mol. The highest BCUT2D eigenvalue weighted by Crippen LogP contribution is 2.24. The summed E-state index contributed by atoms with van der Waals surface area (Å²) in [5, 5.41) is 2.76. The Morgan fingerprint density at radius 3 is 2.72 bits per heavy atom. The number of amides is 1. The molecule has 0 radical (unpaired) electrons. The first kappa shape index (κ1) is 19.8. The van der Waals surface area contributed by atoms with Crippen LogP contribution in [0.1, 0.15) is 51.5 Å². The van der Waals surface area contributed by atoms with E-state index in [1.54, 1.807) is 13.8 Å². The van der Waals surface area contributed by atoms with Gasteiger partial charge in [-0.2, -0.15) is 0 Å². The smallest absolute Gasteiger partial charge is 0.220 e. The lowest BCUT2D eigenvalue weighted by molar-refractivity contribution is -0.121. The lowest BCUT2D eigenvalue weighted by Gasteiger charge is -2.15. The number of carbonyl (C=O) groups excluding carboxylic acids is 1. The van der Waals surface area contributed by atoms with E-state index in [0.717, 1.165) is 24.2 Å². The van der Waals surface area contributed by atoms with Gasteiger partial charge in [-0.3, -0.25) is 4.79 Å². The topological polar surface area (TPSA) is 72.5 Å². The number of aryl methyl sites for hydroxylation is 1. The Labute approximate surface area is 151 Å². The third-order valence-electron chi connectivity index (χ3n) is 4.50. The minimum atomic E-state index is -3.08. The Kier molecular flexibility index (Phi) is 7.29. The molecule has 1 aliphatic rings. The molecule has 1 aliphatic carbocycles. The average Bonchev–Trinajstić information content (AvgIpc) is 3.05. The molecule has 0 heterocycles. The second-order valence-electron chi connectivity index (χ2n) is 6.84. The van der Waals surface area contributed by atoms with Crippen LogP contribution < -0.4 is 10.1 Å². The molecule has 5 nitrogen and oxygen atoms in total. The SMILES string of the molecule is CCS(=O)(=O)C[C@H](C)NC(=O)CCc1cccc(OC2CCCC2)c1. The molecular formula is C19H29NO4S. The number of nitrogens with one attached hydrogen (secondary N) is 1. The maximum atomic E-state index is 12.0. The van der Waals surface area contributed by atoms with Crippen LogP contribution in [0.2, 0.25) is 0 Å². The number of rotatable bonds is 9. The van der Waals surface area contributed by atoms with Crippen LogP contribution in [0.4, 0.5) is 0 Å². The van der Waals surface area contributed by atoms with Crippen LogP contribution in [0.15, 0.2) is 24.3 Å². The quantitative estimate of drug-likeness (QED) is 0.728. The van der Waals surface area contributed by atoms with Gasteiger partial charge in [0, 0.05) is 18.2 Å². The molecule has 1 aromatic carbocycles. The van der Waals surface area contributed by atoms with Crippen molar-refractivity contribution in [1.82, 2.24) is 5.32 Å². The molecule has 0 unspecified atom stereocenters. The highest BCUT2D eigenvalue weighted by atomic mass is 32.2. The molecular weight excluding hydrogens is 338 g/mol. The summed E-state index contributed by atoms with van der Waals surface area (Å²) in [7, 11) is -3.08. The minimum absolute atomic E-state index is 0.0139. The Hall–Kier alpha value is -1.56. The molecule has 2 rings (SSSR count). The Balaban J connectivity index is 1.79. The van der Waals surface area contributed by atoms with Crippen LogP contribution in [0.3, 0.4) is 0 Å². The standard InChI is InChI=1S/C19H29NO4S/c1-3-25(22,23)14-15(2)20-19(21)12-11-16-7-6-10-18(13-16)24-17-8-4-5-9-17/h6-7,10,13,15,17H,3-5,8-9,11-12,14H2,1-2H3,(H,20,21)/t15-/m0/s1. The summed E-state index contributed by atoms with van der Waals surface area (Å²) < 4.78 is 29.2. The molecule has 0 aliphatic heterocycles. The second kappa shape index (κ2) is 9.22. The van der Waals surface area contributed by atoms with E-state index in [1.807, 2.05) is 24.3 Å². The summed E-state index contributed by atoms with van der Waals surface area (Å²) in [5.41, 5.74) is 1.06. The van der Waals surface area contributed by atoms with Crippen molar-refractivity contribution in [3.63, 3.8) is 0 Å². The molecule has 0 saturated heterocycles. The van der Waals surface area contributed by atoms with E-state index in [1.165, 1.54) is 12.8 Å². The molecule has 1 aromatic rings. The monoisotopic (exact) mass is 367 g/mol. The fraction of sp³-hybridized carbons (Fsp3) is 0.632. The number of hydrogen-bond donors (Lipinski definition) is 1. The maximum Gasteiger partial charge on any atom is 0.220 e. The van der Waals surface area contributed by atoms with E-state index >= 15 is 0 Å². The second-order valence-corrected chi connectivity index (χ2v) is 9.24. The third kappa shape index (κ3) is 7.06. The van der Waals surface area contributed by atoms with Crippen molar-refractivity contribution in [1.29, 1.82) is 0 Å². The zero-order chi connectivity index (χ0) is 18.3. The molecule has 1 amide bonds. The molecule has 25 heavy (non-hydrogen) atoms. The van der Waals surface area contributed by atoms with Crippen molar-refractivity contribution in [3.8, 4) is 5.75 Å². The first-order valence-electron chi connectivity index (χ1n) is 9.13. The van der Waals surface area contributed by atoms with E-state index in [-0.39, 0.29) is 23.5 Å². The van der Waals surface area contributed by atoms with Gasteiger partial charge >= 0.3 is 0 Å². The molecule has 1 fully saturated rings. The minimum Gasteiger partial charge on any atom is -0.490 e. The number of carbonyl (C=O) groups is 1. The summed E-state index contributed by atoms with van der Waals surface area (Å²) in [6.07, 6.45) is 5.97. The van der Waals surface area contributed by atoms with Gasteiger partial charge in [-0.05, 0) is 56.7 Å². The first-order chi connectivity index (χ1) is 11.9. The lowest BCUT2D eigenvalue weighted by atomic mass is 10.1. The molecule has 0 aromatic heterocycles. The summed E-state index contributed by atoms with van der Waals surface area (Å²) in [6, 6.07) is 7.53. The third-order valence-corrected chi connectivity index (χ3v) is 6.38. The van der Waals surface area contributed by atoms with Crippen LogP contribution >= 0.6 is 0 Å². The largest absolute Gasteiger partial charge is 0.490 e. The molecule has 0 bridgehead atoms. The predicted octanol–water partition coefficient (Wildman–Crippen LogP) is 2.88. The Morgan fingerprint density at radius 1 is 1.32 bits per heavy atom. The molecule has 1 N–H and O–H groups in total. The van der Waals surface area contributed by atoms with Gasteiger partial charge in [-0.1, -0.05) is 19.1 Å². The van der Waals surface area contributed by atoms with Crippen molar-refractivity contribution in [2.75, 3.05) is 11.5 Å². The summed E-state index contributed by atoms with van der Waals surface area (Å²) in [4.78, 5) is 12.0. The van der Waals surface area contributed by atoms with Crippen LogP contribution in [-0.2, 0) is 21.1 Å². The molecule has 6 heteroatoms. The Bertz CT molecular complexity index is 666. The zero-order valence-corrected chi connectivity index (χ0v) is 16.0. The number of hydrogen-bond acceptors (Lipinski definition) is 4. The van der Waals surface area contributed by atoms with Crippen LogP contribution in [-0.4, -0.2) is 38.0 Å². The van der Waals surface area contributed by atoms with E-state index in [2.05, 4.69) is 5.32 Å². The van der Waals surface area contributed by atoms with Crippen molar-refractivity contribution in [2.24, 2.45) is 0 Å². The van der Waals surface area contributed by atoms with Gasteiger partial charge in [-0.25, -0.2) is 8.42 Å². The highest BCUT2D eigenvalue weighted by molar-refractivity contribution is 7.91. The molecule has 1 saturated carbocycles. The maximum absolute atomic E-state index is 12.0. The van der Waals surface area contributed by atoms with E-state index < -0.39 is 9.84 Å². The summed E-state index contributed by atoms with van der Waals surface area (Å²) >= 11 is 0. The number of sulfone groups is 1. The van der Waals surface area contributed by atoms with Crippen molar-refractivity contribution in [3.05, 3.63) is 29.8 Å². The summed E-state index contributed by atoms with van der Waals surface area (Å²) in [6.45, 7) is 3.34. The average molecular weight is 368 g/mol. The molecule has 0 spiro atoms. The Morgan fingerprint density at radius 2 is 2.04 bits per heavy atom. The van der Waals surface area contributed by atoms with Crippen molar-refractivity contribution >= 4 is 15.7 Å². The number of ether oxygens (including phenoxy) is 1. The fourth-order valence-electron chi connectivity index (χ4n) is 3.12. The van der Waals surface area contributed by atoms with Gasteiger partial charge in [0.2, 0.25) is 5.91 Å². The van der Waals surface area contributed by atoms with Crippen LogP contribution in [0.25, 0.3) is 0 Å². The normalized spacial score (nSPS) is 16.6. The van der Waals surface area contributed by atoms with Crippen molar-refractivity contribution < 1.29 is 17.9 Å². The van der Waals surface area contributed by atoms with Gasteiger partial charge in [-0.15, -0.1) is 0 Å². The highest BCUT2D eigenvalue weighted by Gasteiger charge is 2.17. The van der Waals surface area contributed by atoms with Crippen molar-refractivity contribution in [2.45, 2.75) is 64.5 Å². The van der Waals surface area contributed by atoms with Gasteiger partial charge in [0.1, 0.15) is 5.75 Å². The van der Waals surface area contributed by atoms with Gasteiger partial charge in [0.05, 0.1) is 11.9 Å². The lowest BCUT2D eigenvalue weighted by Crippen LogP contribution is -2.38. The van der Waals surface area contributed by atoms with Gasteiger partial charge in [0.15, 0.2) is 9.84 Å². The van der Waals surface area contributed by atoms with E-state index in [9.17, 15) is 13.2 Å². The van der Waals surface area contributed by atoms with E-state index in [0.29, 0.717) is 18.9 Å². The van der Waals surface area contributed by atoms with Crippen LogP contribution in [0.5, 0.6) is 5.75 Å². The van der Waals surface area contributed by atoms with Gasteiger partial charge in [0.25, 0.3) is 0 Å². The van der Waals surface area contributed by atoms with Gasteiger partial charge < -0.3 is 10.1 Å². The van der Waals surface area contributed by atoms with Crippen LogP contribution in [0, 0.1) is 0 Å². The van der Waals surface area contributed by atoms with E-state index in [4.69, 9.17) is 4.74 Å². The molecule has 1 atom stereocenters. The fourth-order valence-corrected chi connectivity index (χ4v) is 4.20. The first-order valence-corrected chi connectivity index (χ1v) is 11.0. The summed E-state index contributed by atoms with van der Waals surface area (Å²) in [5.74, 6) is 0.828. The number of benzene rings is 1.